The van der Waals surface area contributed by atoms with Gasteiger partial charge < -0.3 is 14.4 Å². The highest BCUT2D eigenvalue weighted by molar-refractivity contribution is 5.82. The molecule has 3 aliphatic rings. The Morgan fingerprint density at radius 3 is 2.50 bits per heavy atom. The molecule has 4 heteroatoms. The molecule has 4 nitrogen and oxygen atoms in total. The van der Waals surface area contributed by atoms with Gasteiger partial charge in [-0.3, -0.25) is 4.99 Å². The third-order valence-corrected chi connectivity index (χ3v) is 5.35. The number of hydrogen-bond donors (Lipinski definition) is 0. The molecule has 0 N–H and O–H groups in total. The van der Waals surface area contributed by atoms with Crippen LogP contribution in [0.25, 0.3) is 0 Å². The van der Waals surface area contributed by atoms with Gasteiger partial charge in [0.1, 0.15) is 0 Å². The Morgan fingerprint density at radius 1 is 0.955 bits per heavy atom. The van der Waals surface area contributed by atoms with E-state index in [0.717, 1.165) is 58.3 Å². The fraction of sp³-hybridized carbons (Fsp3) is 0.944. The fourth-order valence-electron chi connectivity index (χ4n) is 3.99. The summed E-state index contributed by atoms with van der Waals surface area (Å²) in [6.07, 6.45) is 12.2. The summed E-state index contributed by atoms with van der Waals surface area (Å²) in [6, 6.07) is 0.396. The van der Waals surface area contributed by atoms with Crippen molar-refractivity contribution in [3.05, 3.63) is 0 Å². The summed E-state index contributed by atoms with van der Waals surface area (Å²) in [5.41, 5.74) is 0. The number of rotatable bonds is 5. The molecule has 0 bridgehead atoms. The minimum absolute atomic E-state index is 0.396. The van der Waals surface area contributed by atoms with E-state index in [-0.39, 0.29) is 0 Å². The third kappa shape index (κ3) is 4.95. The highest BCUT2D eigenvalue weighted by Crippen LogP contribution is 2.28. The van der Waals surface area contributed by atoms with Gasteiger partial charge in [-0.25, -0.2) is 0 Å². The van der Waals surface area contributed by atoms with Gasteiger partial charge in [-0.15, -0.1) is 0 Å². The summed E-state index contributed by atoms with van der Waals surface area (Å²) < 4.78 is 11.0. The molecule has 0 aromatic heterocycles. The van der Waals surface area contributed by atoms with Crippen molar-refractivity contribution in [3.8, 4) is 0 Å². The van der Waals surface area contributed by atoms with Gasteiger partial charge in [0.05, 0.1) is 31.7 Å². The van der Waals surface area contributed by atoms with Crippen LogP contribution in [-0.4, -0.2) is 56.3 Å². The van der Waals surface area contributed by atoms with Crippen LogP contribution < -0.4 is 0 Å². The van der Waals surface area contributed by atoms with Gasteiger partial charge in [-0.05, 0) is 18.8 Å². The van der Waals surface area contributed by atoms with E-state index in [9.17, 15) is 0 Å². The summed E-state index contributed by atoms with van der Waals surface area (Å²) in [6.45, 7) is 5.42. The Labute approximate surface area is 135 Å². The molecule has 1 aliphatic carbocycles. The topological polar surface area (TPSA) is 34.1 Å². The van der Waals surface area contributed by atoms with E-state index in [1.807, 2.05) is 0 Å². The van der Waals surface area contributed by atoms with Crippen molar-refractivity contribution >= 4 is 5.84 Å². The van der Waals surface area contributed by atoms with Crippen LogP contribution in [0.3, 0.4) is 0 Å². The molecule has 2 heterocycles. The van der Waals surface area contributed by atoms with E-state index in [0.29, 0.717) is 6.04 Å². The Kier molecular flexibility index (Phi) is 6.56. The predicted molar refractivity (Wildman–Crippen MR) is 89.5 cm³/mol. The SMILES string of the molecule is C1CCC(CCCC(=NC2CCOC2)N2CCOCC2)CC1. The molecule has 1 unspecified atom stereocenters. The van der Waals surface area contributed by atoms with Crippen LogP contribution in [0.1, 0.15) is 57.8 Å². The lowest BCUT2D eigenvalue weighted by molar-refractivity contribution is 0.0668. The van der Waals surface area contributed by atoms with Crippen molar-refractivity contribution in [1.82, 2.24) is 4.90 Å². The third-order valence-electron chi connectivity index (χ3n) is 5.35. The minimum atomic E-state index is 0.396. The molecular formula is C18H32N2O2. The first-order chi connectivity index (χ1) is 10.9. The Morgan fingerprint density at radius 2 is 1.77 bits per heavy atom. The van der Waals surface area contributed by atoms with Crippen molar-refractivity contribution in [3.63, 3.8) is 0 Å². The second kappa shape index (κ2) is 8.88. The molecule has 126 valence electrons. The summed E-state index contributed by atoms with van der Waals surface area (Å²) in [5.74, 6) is 2.31. The number of ether oxygens (including phenoxy) is 2. The van der Waals surface area contributed by atoms with Crippen molar-refractivity contribution < 1.29 is 9.47 Å². The number of nitrogens with zero attached hydrogens (tertiary/aromatic N) is 2. The molecule has 3 rings (SSSR count). The van der Waals surface area contributed by atoms with Crippen LogP contribution in [0.2, 0.25) is 0 Å². The molecule has 1 saturated carbocycles. The molecule has 0 aromatic rings. The molecule has 0 amide bonds. The van der Waals surface area contributed by atoms with Gasteiger partial charge in [0.25, 0.3) is 0 Å². The van der Waals surface area contributed by atoms with Crippen LogP contribution in [0.4, 0.5) is 0 Å². The Bertz CT molecular complexity index is 341. The summed E-state index contributed by atoms with van der Waals surface area (Å²) >= 11 is 0. The minimum Gasteiger partial charge on any atom is -0.379 e. The van der Waals surface area contributed by atoms with Crippen LogP contribution in [0.5, 0.6) is 0 Å². The molecule has 2 saturated heterocycles. The van der Waals surface area contributed by atoms with Gasteiger partial charge in [-0.2, -0.15) is 0 Å². The van der Waals surface area contributed by atoms with Crippen LogP contribution >= 0.6 is 0 Å². The summed E-state index contributed by atoms with van der Waals surface area (Å²) in [4.78, 5) is 7.50. The smallest absolute Gasteiger partial charge is 0.0995 e. The zero-order chi connectivity index (χ0) is 15.0. The molecule has 2 aliphatic heterocycles. The van der Waals surface area contributed by atoms with Crippen molar-refractivity contribution in [2.45, 2.75) is 63.8 Å². The van der Waals surface area contributed by atoms with Gasteiger partial charge in [0.15, 0.2) is 0 Å². The average molecular weight is 308 g/mol. The van der Waals surface area contributed by atoms with E-state index in [1.165, 1.54) is 50.8 Å². The molecule has 1 atom stereocenters. The van der Waals surface area contributed by atoms with E-state index in [1.54, 1.807) is 0 Å². The zero-order valence-corrected chi connectivity index (χ0v) is 14.0. The van der Waals surface area contributed by atoms with Crippen LogP contribution in [0, 0.1) is 5.92 Å². The summed E-state index contributed by atoms with van der Waals surface area (Å²) in [7, 11) is 0. The van der Waals surface area contributed by atoms with E-state index in [2.05, 4.69) is 4.90 Å². The number of amidine groups is 1. The van der Waals surface area contributed by atoms with Crippen molar-refractivity contribution in [1.29, 1.82) is 0 Å². The monoisotopic (exact) mass is 308 g/mol. The lowest BCUT2D eigenvalue weighted by atomic mass is 9.86. The fourth-order valence-corrected chi connectivity index (χ4v) is 3.99. The molecule has 0 radical (unpaired) electrons. The Balaban J connectivity index is 1.50. The lowest BCUT2D eigenvalue weighted by Crippen LogP contribution is -2.41. The zero-order valence-electron chi connectivity index (χ0n) is 14.0. The first-order valence-corrected chi connectivity index (χ1v) is 9.39. The molecule has 3 fully saturated rings. The van der Waals surface area contributed by atoms with E-state index >= 15 is 0 Å². The van der Waals surface area contributed by atoms with Crippen molar-refractivity contribution in [2.24, 2.45) is 10.9 Å². The van der Waals surface area contributed by atoms with Crippen molar-refractivity contribution in [2.75, 3.05) is 39.5 Å². The largest absolute Gasteiger partial charge is 0.379 e. The normalized spacial score (nSPS) is 28.3. The number of hydrogen-bond acceptors (Lipinski definition) is 3. The van der Waals surface area contributed by atoms with Gasteiger partial charge in [0.2, 0.25) is 0 Å². The first-order valence-electron chi connectivity index (χ1n) is 9.39. The second-order valence-corrected chi connectivity index (χ2v) is 7.06. The molecule has 22 heavy (non-hydrogen) atoms. The van der Waals surface area contributed by atoms with Crippen LogP contribution in [0.15, 0.2) is 4.99 Å². The maximum atomic E-state index is 5.50. The summed E-state index contributed by atoms with van der Waals surface area (Å²) in [5, 5.41) is 0. The lowest BCUT2D eigenvalue weighted by Gasteiger charge is -2.31. The molecule has 0 aromatic carbocycles. The van der Waals surface area contributed by atoms with Gasteiger partial charge >= 0.3 is 0 Å². The standard InChI is InChI=1S/C18H32N2O2/c1-2-5-16(6-3-1)7-4-8-18(19-17-9-12-22-15-17)20-10-13-21-14-11-20/h16-17H,1-15H2. The molecule has 0 spiro atoms. The highest BCUT2D eigenvalue weighted by atomic mass is 16.5. The predicted octanol–water partition coefficient (Wildman–Crippen LogP) is 3.26. The molecular weight excluding hydrogens is 276 g/mol. The van der Waals surface area contributed by atoms with E-state index < -0.39 is 0 Å². The first kappa shape index (κ1) is 16.3. The average Bonchev–Trinajstić information content (AvgIpc) is 3.09. The highest BCUT2D eigenvalue weighted by Gasteiger charge is 2.20. The van der Waals surface area contributed by atoms with Crippen LogP contribution in [-0.2, 0) is 9.47 Å². The maximum absolute atomic E-state index is 5.50. The van der Waals surface area contributed by atoms with Gasteiger partial charge in [0, 0.05) is 26.1 Å². The van der Waals surface area contributed by atoms with E-state index in [4.69, 9.17) is 14.5 Å². The number of morpholine rings is 1. The Hall–Kier alpha value is -0.610. The van der Waals surface area contributed by atoms with Gasteiger partial charge in [-0.1, -0.05) is 38.5 Å². The quantitative estimate of drug-likeness (QED) is 0.577. The second-order valence-electron chi connectivity index (χ2n) is 7.06. The maximum Gasteiger partial charge on any atom is 0.0995 e. The number of aliphatic imine (C=N–C) groups is 1.